The molecule has 1 radical (unpaired) electrons. The number of methoxy groups -OCH3 is 2. The van der Waals surface area contributed by atoms with E-state index in [9.17, 15) is 0 Å². The maximum atomic E-state index is 5.38. The van der Waals surface area contributed by atoms with Gasteiger partial charge in [0.05, 0.1) is 14.2 Å². The van der Waals surface area contributed by atoms with Crippen LogP contribution in [0.2, 0.25) is 0 Å². The average molecular weight is 279 g/mol. The summed E-state index contributed by atoms with van der Waals surface area (Å²) >= 11 is 0. The van der Waals surface area contributed by atoms with Gasteiger partial charge in [-0.05, 0) is 38.6 Å². The van der Waals surface area contributed by atoms with Gasteiger partial charge in [-0.2, -0.15) is 0 Å². The summed E-state index contributed by atoms with van der Waals surface area (Å²) in [6.07, 6.45) is 1.07. The summed E-state index contributed by atoms with van der Waals surface area (Å²) in [4.78, 5) is 2.42. The highest BCUT2D eigenvalue weighted by atomic mass is 16.5. The van der Waals surface area contributed by atoms with Crippen molar-refractivity contribution in [3.8, 4) is 11.5 Å². The molecule has 1 N–H and O–H groups in total. The molecule has 1 rings (SSSR count). The number of hydrogen-bond donors (Lipinski definition) is 1. The van der Waals surface area contributed by atoms with Gasteiger partial charge in [-0.3, -0.25) is 0 Å². The quantitative estimate of drug-likeness (QED) is 0.753. The van der Waals surface area contributed by atoms with Crippen molar-refractivity contribution in [2.75, 3.05) is 39.2 Å². The molecular formula is C16H27N2O2. The molecule has 1 aromatic rings. The van der Waals surface area contributed by atoms with E-state index in [1.807, 2.05) is 12.1 Å². The Bertz CT molecular complexity index is 370. The van der Waals surface area contributed by atoms with Crippen LogP contribution in [0.5, 0.6) is 11.5 Å². The lowest BCUT2D eigenvalue weighted by molar-refractivity contribution is 0.294. The predicted molar refractivity (Wildman–Crippen MR) is 83.9 cm³/mol. The molecule has 0 saturated carbocycles. The smallest absolute Gasteiger partial charge is 0.153 e. The number of nitrogens with zero attached hydrogens (tertiary/aromatic N) is 1. The fraction of sp³-hybridized carbons (Fsp3) is 0.625. The molecule has 0 amide bonds. The number of anilines is 1. The topological polar surface area (TPSA) is 33.7 Å². The van der Waals surface area contributed by atoms with E-state index >= 15 is 0 Å². The van der Waals surface area contributed by atoms with Crippen LogP contribution in [0.1, 0.15) is 27.2 Å². The summed E-state index contributed by atoms with van der Waals surface area (Å²) in [5.41, 5.74) is 0.879. The van der Waals surface area contributed by atoms with Crippen molar-refractivity contribution in [2.24, 2.45) is 0 Å². The van der Waals surface area contributed by atoms with E-state index in [0.717, 1.165) is 37.5 Å². The van der Waals surface area contributed by atoms with E-state index in [4.69, 9.17) is 9.47 Å². The minimum atomic E-state index is 0.342. The predicted octanol–water partition coefficient (Wildman–Crippen LogP) is 3.04. The van der Waals surface area contributed by atoms with E-state index in [-0.39, 0.29) is 0 Å². The van der Waals surface area contributed by atoms with Gasteiger partial charge in [0.25, 0.3) is 0 Å². The minimum Gasteiger partial charge on any atom is -0.494 e. The molecule has 4 heteroatoms. The first-order chi connectivity index (χ1) is 9.65. The van der Waals surface area contributed by atoms with E-state index in [1.165, 1.54) is 0 Å². The molecule has 113 valence electrons. The van der Waals surface area contributed by atoms with Gasteiger partial charge in [0.15, 0.2) is 5.75 Å². The molecule has 0 saturated heterocycles. The zero-order chi connectivity index (χ0) is 15.0. The Morgan fingerprint density at radius 1 is 1.25 bits per heavy atom. The van der Waals surface area contributed by atoms with E-state index in [1.54, 1.807) is 14.2 Å². The molecule has 0 bridgehead atoms. The van der Waals surface area contributed by atoms with Gasteiger partial charge >= 0.3 is 0 Å². The Hall–Kier alpha value is -1.42. The van der Waals surface area contributed by atoms with Gasteiger partial charge in [0.1, 0.15) is 11.4 Å². The second-order valence-electron chi connectivity index (χ2n) is 4.82. The van der Waals surface area contributed by atoms with Gasteiger partial charge in [0, 0.05) is 18.7 Å². The zero-order valence-corrected chi connectivity index (χ0v) is 13.3. The number of ether oxygens (including phenoxy) is 2. The average Bonchev–Trinajstić information content (AvgIpc) is 2.48. The fourth-order valence-corrected chi connectivity index (χ4v) is 2.16. The summed E-state index contributed by atoms with van der Waals surface area (Å²) < 4.78 is 10.7. The van der Waals surface area contributed by atoms with Crippen molar-refractivity contribution in [1.29, 1.82) is 0 Å². The minimum absolute atomic E-state index is 0.342. The summed E-state index contributed by atoms with van der Waals surface area (Å²) in [7, 11) is 3.32. The van der Waals surface area contributed by atoms with Crippen LogP contribution in [0.25, 0.3) is 0 Å². The van der Waals surface area contributed by atoms with Gasteiger partial charge in [-0.15, -0.1) is 0 Å². The highest BCUT2D eigenvalue weighted by Gasteiger charge is 2.13. The molecule has 1 atom stereocenters. The molecule has 0 aliphatic carbocycles. The van der Waals surface area contributed by atoms with Crippen molar-refractivity contribution < 1.29 is 9.47 Å². The van der Waals surface area contributed by atoms with Crippen LogP contribution in [0.4, 0.5) is 5.69 Å². The Morgan fingerprint density at radius 3 is 2.50 bits per heavy atom. The fourth-order valence-electron chi connectivity index (χ4n) is 2.16. The van der Waals surface area contributed by atoms with Crippen molar-refractivity contribution in [3.63, 3.8) is 0 Å². The normalized spacial score (nSPS) is 12.3. The lowest BCUT2D eigenvalue weighted by atomic mass is 10.2. The lowest BCUT2D eigenvalue weighted by Gasteiger charge is -2.23. The number of hydrogen-bond acceptors (Lipinski definition) is 4. The summed E-state index contributed by atoms with van der Waals surface area (Å²) in [6.45, 7) is 9.83. The van der Waals surface area contributed by atoms with E-state index in [0.29, 0.717) is 11.8 Å². The molecular weight excluding hydrogens is 252 g/mol. The van der Waals surface area contributed by atoms with Crippen LogP contribution in [-0.2, 0) is 0 Å². The largest absolute Gasteiger partial charge is 0.494 e. The molecule has 20 heavy (non-hydrogen) atoms. The summed E-state index contributed by atoms with van der Waals surface area (Å²) in [5, 5.41) is 3.48. The van der Waals surface area contributed by atoms with Crippen molar-refractivity contribution in [3.05, 3.63) is 18.2 Å². The Balaban J connectivity index is 2.67. The Morgan fingerprint density at radius 2 is 1.95 bits per heavy atom. The highest BCUT2D eigenvalue weighted by Crippen LogP contribution is 2.34. The monoisotopic (exact) mass is 279 g/mol. The summed E-state index contributed by atoms with van der Waals surface area (Å²) in [5.74, 6) is 1.48. The SMILES string of the molecule is CCN(CC)CCC(C)Nc1c(OC)[c]ccc1OC. The lowest BCUT2D eigenvalue weighted by Crippen LogP contribution is -2.28. The molecule has 4 nitrogen and oxygen atoms in total. The molecule has 0 aromatic heterocycles. The van der Waals surface area contributed by atoms with Gasteiger partial charge in [0.2, 0.25) is 0 Å². The van der Waals surface area contributed by atoms with Crippen LogP contribution in [-0.4, -0.2) is 44.8 Å². The second-order valence-corrected chi connectivity index (χ2v) is 4.82. The van der Waals surface area contributed by atoms with Gasteiger partial charge < -0.3 is 19.7 Å². The first-order valence-electron chi connectivity index (χ1n) is 7.27. The highest BCUT2D eigenvalue weighted by molar-refractivity contribution is 5.66. The molecule has 0 fully saturated rings. The van der Waals surface area contributed by atoms with Crippen molar-refractivity contribution in [2.45, 2.75) is 33.2 Å². The third-order valence-corrected chi connectivity index (χ3v) is 3.51. The van der Waals surface area contributed by atoms with Crippen LogP contribution in [0, 0.1) is 6.07 Å². The van der Waals surface area contributed by atoms with E-state index < -0.39 is 0 Å². The number of benzene rings is 1. The molecule has 1 unspecified atom stereocenters. The van der Waals surface area contributed by atoms with Gasteiger partial charge in [-0.25, -0.2) is 0 Å². The molecule has 0 spiro atoms. The van der Waals surface area contributed by atoms with Gasteiger partial charge in [-0.1, -0.05) is 13.8 Å². The third kappa shape index (κ3) is 4.60. The Labute approximate surface area is 123 Å². The third-order valence-electron chi connectivity index (χ3n) is 3.51. The molecule has 1 aromatic carbocycles. The number of rotatable bonds is 9. The van der Waals surface area contributed by atoms with Crippen LogP contribution in [0.15, 0.2) is 12.1 Å². The zero-order valence-electron chi connectivity index (χ0n) is 13.3. The standard InChI is InChI=1S/C16H27N2O2/c1-6-18(7-2)12-11-13(3)17-16-14(19-4)9-8-10-15(16)20-5/h8-9,13,17H,6-7,11-12H2,1-5H3. The summed E-state index contributed by atoms with van der Waals surface area (Å²) in [6, 6.07) is 7.12. The first-order valence-corrected chi connectivity index (χ1v) is 7.27. The molecule has 0 aliphatic rings. The molecule has 0 aliphatic heterocycles. The van der Waals surface area contributed by atoms with Crippen LogP contribution >= 0.6 is 0 Å². The maximum Gasteiger partial charge on any atom is 0.153 e. The van der Waals surface area contributed by atoms with E-state index in [2.05, 4.69) is 37.1 Å². The number of nitrogens with one attached hydrogen (secondary N) is 1. The van der Waals surface area contributed by atoms with Crippen LogP contribution in [0.3, 0.4) is 0 Å². The Kier molecular flexibility index (Phi) is 7.23. The van der Waals surface area contributed by atoms with Crippen molar-refractivity contribution in [1.82, 2.24) is 4.90 Å². The molecule has 0 heterocycles. The van der Waals surface area contributed by atoms with Crippen molar-refractivity contribution >= 4 is 5.69 Å². The first kappa shape index (κ1) is 16.6. The van der Waals surface area contributed by atoms with Crippen LogP contribution < -0.4 is 14.8 Å². The maximum absolute atomic E-state index is 5.38. The second kappa shape index (κ2) is 8.69.